The van der Waals surface area contributed by atoms with Gasteiger partial charge in [0.05, 0.1) is 26.4 Å². The Labute approximate surface area is 181 Å². The van der Waals surface area contributed by atoms with Gasteiger partial charge in [-0.05, 0) is 43.2 Å². The zero-order valence-corrected chi connectivity index (χ0v) is 19.0. The van der Waals surface area contributed by atoms with Crippen molar-refractivity contribution in [2.75, 3.05) is 36.8 Å². The Morgan fingerprint density at radius 2 is 1.80 bits per heavy atom. The summed E-state index contributed by atoms with van der Waals surface area (Å²) in [7, 11) is -3.46. The van der Waals surface area contributed by atoms with Crippen LogP contribution in [0.4, 0.5) is 5.13 Å². The number of piperazine rings is 1. The summed E-state index contributed by atoms with van der Waals surface area (Å²) in [5.74, 6) is -0.250. The molecule has 0 unspecified atom stereocenters. The number of carbonyl (C=O) groups excluding carboxylic acids is 1. The molecule has 4 rings (SSSR count). The second kappa shape index (κ2) is 8.00. The van der Waals surface area contributed by atoms with Crippen LogP contribution in [0.25, 0.3) is 10.2 Å². The van der Waals surface area contributed by atoms with Crippen LogP contribution in [-0.4, -0.2) is 56.1 Å². The average molecular weight is 444 g/mol. The molecule has 0 atom stereocenters. The zero-order chi connectivity index (χ0) is 21.5. The summed E-state index contributed by atoms with van der Waals surface area (Å²) in [5, 5.41) is 0.972. The van der Waals surface area contributed by atoms with E-state index in [1.165, 1.54) is 21.9 Å². The summed E-state index contributed by atoms with van der Waals surface area (Å²) < 4.78 is 26.0. The Hall–Kier alpha value is -2.45. The lowest BCUT2D eigenvalue weighted by atomic mass is 10.1. The highest BCUT2D eigenvalue weighted by Crippen LogP contribution is 2.32. The number of anilines is 1. The minimum atomic E-state index is -3.46. The maximum atomic E-state index is 13.1. The maximum Gasteiger partial charge on any atom is 0.255 e. The molecule has 6 nitrogen and oxygen atoms in total. The number of amides is 1. The van der Waals surface area contributed by atoms with E-state index in [0.29, 0.717) is 26.2 Å². The molecule has 0 radical (unpaired) electrons. The number of carbonyl (C=O) groups is 1. The fourth-order valence-electron chi connectivity index (χ4n) is 3.84. The van der Waals surface area contributed by atoms with Crippen molar-refractivity contribution < 1.29 is 13.2 Å². The van der Waals surface area contributed by atoms with E-state index < -0.39 is 9.84 Å². The number of benzene rings is 2. The average Bonchev–Trinajstić information content (AvgIpc) is 3.18. The molecule has 2 heterocycles. The molecule has 1 amide bonds. The van der Waals surface area contributed by atoms with Crippen molar-refractivity contribution >= 4 is 42.4 Å². The lowest BCUT2D eigenvalue weighted by Gasteiger charge is -2.34. The van der Waals surface area contributed by atoms with Gasteiger partial charge in [-0.25, -0.2) is 13.4 Å². The SMILES string of the molecule is CCS(=O)(=O)c1ccccc1C(=O)N1CCN(c2nc3cc(C)cc(C)c3s2)CC1. The Bertz CT molecular complexity index is 1210. The van der Waals surface area contributed by atoms with Gasteiger partial charge in [-0.3, -0.25) is 4.79 Å². The van der Waals surface area contributed by atoms with Crippen LogP contribution in [0, 0.1) is 13.8 Å². The van der Waals surface area contributed by atoms with Crippen molar-refractivity contribution in [1.82, 2.24) is 9.88 Å². The number of aromatic nitrogens is 1. The van der Waals surface area contributed by atoms with Crippen LogP contribution in [0.15, 0.2) is 41.3 Å². The van der Waals surface area contributed by atoms with E-state index in [1.54, 1.807) is 41.4 Å². The number of nitrogens with zero attached hydrogens (tertiary/aromatic N) is 3. The quantitative estimate of drug-likeness (QED) is 0.615. The van der Waals surface area contributed by atoms with Gasteiger partial charge in [-0.1, -0.05) is 36.5 Å². The molecule has 1 aliphatic heterocycles. The molecule has 1 saturated heterocycles. The predicted molar refractivity (Wildman–Crippen MR) is 121 cm³/mol. The highest BCUT2D eigenvalue weighted by Gasteiger charge is 2.28. The topological polar surface area (TPSA) is 70.6 Å². The van der Waals surface area contributed by atoms with Crippen LogP contribution in [0.2, 0.25) is 0 Å². The van der Waals surface area contributed by atoms with Gasteiger partial charge in [0.1, 0.15) is 0 Å². The van der Waals surface area contributed by atoms with Gasteiger partial charge in [0.25, 0.3) is 5.91 Å². The highest BCUT2D eigenvalue weighted by molar-refractivity contribution is 7.91. The molecular weight excluding hydrogens is 418 g/mol. The van der Waals surface area contributed by atoms with E-state index in [2.05, 4.69) is 30.9 Å². The number of fused-ring (bicyclic) bond motifs is 1. The van der Waals surface area contributed by atoms with E-state index in [4.69, 9.17) is 4.98 Å². The molecule has 158 valence electrons. The van der Waals surface area contributed by atoms with E-state index >= 15 is 0 Å². The number of rotatable bonds is 4. The standard InChI is InChI=1S/C22H25N3O3S2/c1-4-30(27,28)19-8-6-5-7-17(19)21(26)24-9-11-25(12-10-24)22-23-18-14-15(2)13-16(3)20(18)29-22/h5-8,13-14H,4,9-12H2,1-3H3. The molecule has 0 bridgehead atoms. The van der Waals surface area contributed by atoms with Crippen LogP contribution >= 0.6 is 11.3 Å². The van der Waals surface area contributed by atoms with Crippen LogP contribution in [0.1, 0.15) is 28.4 Å². The van der Waals surface area contributed by atoms with Crippen LogP contribution in [0.5, 0.6) is 0 Å². The summed E-state index contributed by atoms with van der Waals surface area (Å²) in [5.41, 5.74) is 3.72. The van der Waals surface area contributed by atoms with Crippen molar-refractivity contribution in [3.63, 3.8) is 0 Å². The number of hydrogen-bond donors (Lipinski definition) is 0. The molecule has 0 saturated carbocycles. The van der Waals surface area contributed by atoms with Gasteiger partial charge < -0.3 is 9.80 Å². The smallest absolute Gasteiger partial charge is 0.255 e. The van der Waals surface area contributed by atoms with E-state index in [1.807, 2.05) is 0 Å². The van der Waals surface area contributed by atoms with Gasteiger partial charge in [0, 0.05) is 26.2 Å². The fraction of sp³-hybridized carbons (Fsp3) is 0.364. The molecule has 0 N–H and O–H groups in total. The predicted octanol–water partition coefficient (Wildman–Crippen LogP) is 3.67. The second-order valence-electron chi connectivity index (χ2n) is 7.61. The molecule has 2 aromatic carbocycles. The molecule has 1 aromatic heterocycles. The molecular formula is C22H25N3O3S2. The normalized spacial score (nSPS) is 15.0. The van der Waals surface area contributed by atoms with Crippen LogP contribution < -0.4 is 4.90 Å². The van der Waals surface area contributed by atoms with E-state index in [-0.39, 0.29) is 22.1 Å². The largest absolute Gasteiger partial charge is 0.345 e. The summed E-state index contributed by atoms with van der Waals surface area (Å²) >= 11 is 1.69. The lowest BCUT2D eigenvalue weighted by Crippen LogP contribution is -2.49. The number of thiazole rings is 1. The summed E-state index contributed by atoms with van der Waals surface area (Å²) in [6.45, 7) is 8.19. The van der Waals surface area contributed by atoms with E-state index in [0.717, 1.165) is 10.6 Å². The third-order valence-electron chi connectivity index (χ3n) is 5.48. The number of hydrogen-bond acceptors (Lipinski definition) is 6. The number of sulfone groups is 1. The van der Waals surface area contributed by atoms with Crippen molar-refractivity contribution in [2.24, 2.45) is 0 Å². The van der Waals surface area contributed by atoms with E-state index in [9.17, 15) is 13.2 Å². The third-order valence-corrected chi connectivity index (χ3v) is 8.53. The monoisotopic (exact) mass is 443 g/mol. The molecule has 1 fully saturated rings. The second-order valence-corrected chi connectivity index (χ2v) is 10.8. The summed E-state index contributed by atoms with van der Waals surface area (Å²) in [6, 6.07) is 10.8. The molecule has 0 spiro atoms. The Kier molecular flexibility index (Phi) is 5.55. The first-order chi connectivity index (χ1) is 14.3. The van der Waals surface area contributed by atoms with Crippen molar-refractivity contribution in [2.45, 2.75) is 25.7 Å². The molecule has 1 aliphatic rings. The Balaban J connectivity index is 1.52. The maximum absolute atomic E-state index is 13.1. The first kappa shape index (κ1) is 20.8. The first-order valence-electron chi connectivity index (χ1n) is 10.0. The zero-order valence-electron chi connectivity index (χ0n) is 17.4. The highest BCUT2D eigenvalue weighted by atomic mass is 32.2. The van der Waals surface area contributed by atoms with Gasteiger partial charge >= 0.3 is 0 Å². The Morgan fingerprint density at radius 3 is 2.50 bits per heavy atom. The fourth-order valence-corrected chi connectivity index (χ4v) is 6.00. The number of aryl methyl sites for hydroxylation is 2. The van der Waals surface area contributed by atoms with Gasteiger partial charge in [-0.15, -0.1) is 0 Å². The van der Waals surface area contributed by atoms with Crippen molar-refractivity contribution in [3.05, 3.63) is 53.1 Å². The van der Waals surface area contributed by atoms with Gasteiger partial charge in [-0.2, -0.15) is 0 Å². The summed E-state index contributed by atoms with van der Waals surface area (Å²) in [6.07, 6.45) is 0. The van der Waals surface area contributed by atoms with Crippen LogP contribution in [-0.2, 0) is 9.84 Å². The Morgan fingerprint density at radius 1 is 1.10 bits per heavy atom. The van der Waals surface area contributed by atoms with Gasteiger partial charge in [0.15, 0.2) is 15.0 Å². The minimum Gasteiger partial charge on any atom is -0.345 e. The van der Waals surface area contributed by atoms with Crippen molar-refractivity contribution in [1.29, 1.82) is 0 Å². The molecule has 8 heteroatoms. The lowest BCUT2D eigenvalue weighted by molar-refractivity contribution is 0.0743. The molecule has 3 aromatic rings. The molecule has 0 aliphatic carbocycles. The van der Waals surface area contributed by atoms with Gasteiger partial charge in [0.2, 0.25) is 0 Å². The summed E-state index contributed by atoms with van der Waals surface area (Å²) in [4.78, 5) is 22.0. The van der Waals surface area contributed by atoms with Crippen LogP contribution in [0.3, 0.4) is 0 Å². The minimum absolute atomic E-state index is 0.0262. The third kappa shape index (κ3) is 3.81. The van der Waals surface area contributed by atoms with Crippen molar-refractivity contribution in [3.8, 4) is 0 Å². The first-order valence-corrected chi connectivity index (χ1v) is 12.5. The molecule has 30 heavy (non-hydrogen) atoms.